The second-order valence-electron chi connectivity index (χ2n) is 12.1. The summed E-state index contributed by atoms with van der Waals surface area (Å²) in [5.74, 6) is -0.548. The van der Waals surface area contributed by atoms with Gasteiger partial charge in [-0.3, -0.25) is 4.79 Å². The van der Waals surface area contributed by atoms with Crippen molar-refractivity contribution in [3.63, 3.8) is 0 Å². The molecule has 3 saturated heterocycles. The molecule has 21 N–H and O–H groups in total. The Bertz CT molecular complexity index is 992. The molecule has 0 unspecified atom stereocenters. The van der Waals surface area contributed by atoms with Crippen LogP contribution < -0.4 is 45.5 Å². The van der Waals surface area contributed by atoms with Crippen LogP contribution in [-0.2, 0) is 33.2 Å². The first-order chi connectivity index (χ1) is 21.7. The molecular formula is C25H50N8O13. The maximum atomic E-state index is 11.9. The molecule has 268 valence electrons. The van der Waals surface area contributed by atoms with Gasteiger partial charge in [-0.2, -0.15) is 0 Å². The zero-order chi connectivity index (χ0) is 34.0. The van der Waals surface area contributed by atoms with Crippen molar-refractivity contribution < 1.29 is 63.9 Å². The molecule has 1 amide bonds. The van der Waals surface area contributed by atoms with E-state index in [-0.39, 0.29) is 32.6 Å². The molecule has 0 aromatic carbocycles. The quantitative estimate of drug-likeness (QED) is 0.0969. The molecule has 0 aromatic rings. The highest BCUT2D eigenvalue weighted by molar-refractivity contribution is 5.77. The Labute approximate surface area is 264 Å². The van der Waals surface area contributed by atoms with Crippen LogP contribution >= 0.6 is 0 Å². The molecule has 0 radical (unpaired) electrons. The first-order valence-electron chi connectivity index (χ1n) is 15.1. The van der Waals surface area contributed by atoms with Gasteiger partial charge in [0.25, 0.3) is 0 Å². The summed E-state index contributed by atoms with van der Waals surface area (Å²) in [6, 6.07) is -4.29. The van der Waals surface area contributed by atoms with Crippen molar-refractivity contribution in [1.82, 2.24) is 5.32 Å². The lowest BCUT2D eigenvalue weighted by Gasteiger charge is -2.47. The molecule has 4 aliphatic rings. The number of hydrogen-bond donors (Lipinski definition) is 14. The number of ether oxygens (including phenoxy) is 6. The molecule has 0 spiro atoms. The van der Waals surface area contributed by atoms with Crippen molar-refractivity contribution in [1.29, 1.82) is 0 Å². The number of hydrogen-bond acceptors (Lipinski definition) is 20. The van der Waals surface area contributed by atoms with Crippen molar-refractivity contribution in [2.24, 2.45) is 40.1 Å². The van der Waals surface area contributed by atoms with Gasteiger partial charge in [0.1, 0.15) is 67.1 Å². The first kappa shape index (κ1) is 37.5. The predicted molar refractivity (Wildman–Crippen MR) is 153 cm³/mol. The van der Waals surface area contributed by atoms with E-state index in [2.05, 4.69) is 5.32 Å². The van der Waals surface area contributed by atoms with E-state index in [1.54, 1.807) is 0 Å². The number of amides is 1. The number of carbonyl (C=O) groups is 1. The van der Waals surface area contributed by atoms with E-state index in [1.807, 2.05) is 0 Å². The molecule has 3 aliphatic heterocycles. The van der Waals surface area contributed by atoms with Gasteiger partial charge in [-0.05, 0) is 6.42 Å². The minimum Gasteiger partial charge on any atom is -0.389 e. The van der Waals surface area contributed by atoms with E-state index in [0.717, 1.165) is 0 Å². The third kappa shape index (κ3) is 7.78. The highest BCUT2D eigenvalue weighted by atomic mass is 16.8. The number of nitrogens with two attached hydrogens (primary N) is 7. The summed E-state index contributed by atoms with van der Waals surface area (Å²) >= 11 is 0. The standard InChI is InChI=1S/C25H50N8O13/c26-2-8-15(36)17(38)12(31)23(41-8)44-20-7(30)1-6(29)14(35)22(20)46-25-19(40)21(10(43-25)5-33-11(34)4-28)45-24-13(32)18(39)16(37)9(3-27)42-24/h6-10,12-25,35-40H,1-5,26-32H2,(H,33,34)/t6-,7+,8-,9+,10-,12-,13-,14+,15-,16-,17-,18-,19-,20-,21-,22-,23-,24-,25+/m1/s1. The van der Waals surface area contributed by atoms with Gasteiger partial charge >= 0.3 is 0 Å². The average molecular weight is 671 g/mol. The van der Waals surface area contributed by atoms with Crippen LogP contribution in [0.15, 0.2) is 0 Å². The van der Waals surface area contributed by atoms with Gasteiger partial charge in [0.15, 0.2) is 18.9 Å². The van der Waals surface area contributed by atoms with Gasteiger partial charge in [0.2, 0.25) is 5.91 Å². The Balaban J connectivity index is 1.55. The van der Waals surface area contributed by atoms with Crippen LogP contribution in [-0.4, -0.2) is 179 Å². The van der Waals surface area contributed by atoms with Crippen molar-refractivity contribution in [2.75, 3.05) is 26.2 Å². The Kier molecular flexibility index (Phi) is 13.0. The summed E-state index contributed by atoms with van der Waals surface area (Å²) in [7, 11) is 0. The number of nitrogens with one attached hydrogen (secondary N) is 1. The number of aliphatic hydroxyl groups excluding tert-OH is 6. The van der Waals surface area contributed by atoms with E-state index in [1.165, 1.54) is 0 Å². The monoisotopic (exact) mass is 670 g/mol. The fraction of sp³-hybridized carbons (Fsp3) is 0.960. The first-order valence-corrected chi connectivity index (χ1v) is 15.1. The molecule has 1 aliphatic carbocycles. The van der Waals surface area contributed by atoms with Crippen LogP contribution in [0.3, 0.4) is 0 Å². The Morgan fingerprint density at radius 2 is 1.09 bits per heavy atom. The molecule has 19 atom stereocenters. The van der Waals surface area contributed by atoms with Crippen molar-refractivity contribution in [3.8, 4) is 0 Å². The Morgan fingerprint density at radius 3 is 1.59 bits per heavy atom. The highest BCUT2D eigenvalue weighted by Gasteiger charge is 2.54. The van der Waals surface area contributed by atoms with E-state index in [4.69, 9.17) is 68.6 Å². The summed E-state index contributed by atoms with van der Waals surface area (Å²) in [6.45, 7) is -0.932. The Morgan fingerprint density at radius 1 is 0.609 bits per heavy atom. The lowest BCUT2D eigenvalue weighted by molar-refractivity contribution is -0.306. The normalized spacial score (nSPS) is 50.0. The zero-order valence-electron chi connectivity index (χ0n) is 25.1. The molecule has 3 heterocycles. The zero-order valence-corrected chi connectivity index (χ0v) is 25.1. The SMILES string of the molecule is NCC(=O)NC[C@H]1O[C@@H](O[C@@H]2[C@@H](O)[C@H](N)C[C@H](N)[C@H]2O[C@H]2O[C@H](CN)[C@@H](O)[C@H](O)[C@H]2N)[C@H](O)[C@@H]1O[C@H]1O[C@@H](CN)[C@@H](O)[C@H](O)[C@H]1N. The topological polar surface area (TPSA) is 388 Å². The maximum absolute atomic E-state index is 11.9. The fourth-order valence-electron chi connectivity index (χ4n) is 6.05. The lowest BCUT2D eigenvalue weighted by Crippen LogP contribution is -2.68. The molecule has 21 nitrogen and oxygen atoms in total. The van der Waals surface area contributed by atoms with Crippen molar-refractivity contribution in [3.05, 3.63) is 0 Å². The smallest absolute Gasteiger partial charge is 0.233 e. The summed E-state index contributed by atoms with van der Waals surface area (Å²) < 4.78 is 35.3. The molecular weight excluding hydrogens is 620 g/mol. The number of rotatable bonds is 11. The Hall–Kier alpha value is -1.29. The third-order valence-electron chi connectivity index (χ3n) is 8.88. The average Bonchev–Trinajstić information content (AvgIpc) is 3.33. The minimum atomic E-state index is -1.63. The molecule has 4 rings (SSSR count). The van der Waals surface area contributed by atoms with E-state index >= 15 is 0 Å². The van der Waals surface area contributed by atoms with E-state index < -0.39 is 122 Å². The number of aliphatic hydroxyl groups is 6. The van der Waals surface area contributed by atoms with Crippen LogP contribution in [0.1, 0.15) is 6.42 Å². The van der Waals surface area contributed by atoms with Gasteiger partial charge in [0, 0.05) is 31.7 Å². The lowest BCUT2D eigenvalue weighted by atomic mass is 9.84. The summed E-state index contributed by atoms with van der Waals surface area (Å²) in [5, 5.41) is 66.3. The minimum absolute atomic E-state index is 0.0695. The molecule has 0 aromatic heterocycles. The third-order valence-corrected chi connectivity index (χ3v) is 8.88. The molecule has 1 saturated carbocycles. The number of carbonyl (C=O) groups excluding carboxylic acids is 1. The van der Waals surface area contributed by atoms with Gasteiger partial charge in [-0.1, -0.05) is 0 Å². The van der Waals surface area contributed by atoms with Crippen LogP contribution in [0.5, 0.6) is 0 Å². The second kappa shape index (κ2) is 15.9. The fourth-order valence-corrected chi connectivity index (χ4v) is 6.05. The summed E-state index contributed by atoms with van der Waals surface area (Å²) in [4.78, 5) is 11.9. The van der Waals surface area contributed by atoms with Gasteiger partial charge in [-0.15, -0.1) is 0 Å². The second-order valence-corrected chi connectivity index (χ2v) is 12.1. The molecule has 0 bridgehead atoms. The van der Waals surface area contributed by atoms with Crippen LogP contribution in [0.2, 0.25) is 0 Å². The van der Waals surface area contributed by atoms with Gasteiger partial charge < -0.3 is 105 Å². The highest BCUT2D eigenvalue weighted by Crippen LogP contribution is 2.34. The van der Waals surface area contributed by atoms with Crippen LogP contribution in [0.25, 0.3) is 0 Å². The van der Waals surface area contributed by atoms with Crippen LogP contribution in [0, 0.1) is 0 Å². The predicted octanol–water partition coefficient (Wildman–Crippen LogP) is -9.81. The summed E-state index contributed by atoms with van der Waals surface area (Å²) in [5.41, 5.74) is 41.3. The summed E-state index contributed by atoms with van der Waals surface area (Å²) in [6.07, 6.45) is -20.1. The molecule has 21 heteroatoms. The van der Waals surface area contributed by atoms with Crippen molar-refractivity contribution >= 4 is 5.91 Å². The van der Waals surface area contributed by atoms with Crippen molar-refractivity contribution in [2.45, 2.75) is 123 Å². The van der Waals surface area contributed by atoms with E-state index in [0.29, 0.717) is 0 Å². The largest absolute Gasteiger partial charge is 0.389 e. The molecule has 46 heavy (non-hydrogen) atoms. The molecule has 4 fully saturated rings. The maximum Gasteiger partial charge on any atom is 0.233 e. The van der Waals surface area contributed by atoms with Gasteiger partial charge in [0.05, 0.1) is 24.7 Å². The van der Waals surface area contributed by atoms with Gasteiger partial charge in [-0.25, -0.2) is 0 Å². The van der Waals surface area contributed by atoms with E-state index in [9.17, 15) is 35.4 Å². The van der Waals surface area contributed by atoms with Crippen LogP contribution in [0.4, 0.5) is 0 Å².